The Bertz CT molecular complexity index is 1640. The normalized spacial score (nSPS) is 15.0. The van der Waals surface area contributed by atoms with E-state index in [0.717, 1.165) is 0 Å². The van der Waals surface area contributed by atoms with Crippen molar-refractivity contribution in [1.82, 2.24) is 4.57 Å². The van der Waals surface area contributed by atoms with Crippen LogP contribution in [0.4, 0.5) is 0 Å². The van der Waals surface area contributed by atoms with Gasteiger partial charge < -0.3 is 18.9 Å². The first-order valence-electron chi connectivity index (χ1n) is 11.6. The number of benzene rings is 2. The summed E-state index contributed by atoms with van der Waals surface area (Å²) >= 11 is 3.26. The minimum atomic E-state index is -0.747. The number of ether oxygens (including phenoxy) is 4. The van der Waals surface area contributed by atoms with Gasteiger partial charge in [0.05, 0.1) is 46.2 Å². The molecule has 0 saturated heterocycles. The van der Waals surface area contributed by atoms with Crippen LogP contribution in [0.3, 0.4) is 0 Å². The fourth-order valence-electron chi connectivity index (χ4n) is 4.14. The summed E-state index contributed by atoms with van der Waals surface area (Å²) in [7, 11) is 3.03. The van der Waals surface area contributed by atoms with E-state index in [1.807, 2.05) is 28.7 Å². The quantitative estimate of drug-likeness (QED) is 0.220. The highest BCUT2D eigenvalue weighted by Crippen LogP contribution is 2.35. The average molecular weight is 648 g/mol. The topological polar surface area (TPSA) is 105 Å². The summed E-state index contributed by atoms with van der Waals surface area (Å²) < 4.78 is 24.0. The monoisotopic (exact) mass is 648 g/mol. The number of aromatic nitrogens is 1. The fourth-order valence-corrected chi connectivity index (χ4v) is 5.92. The van der Waals surface area contributed by atoms with Crippen LogP contribution in [0.2, 0.25) is 0 Å². The Labute approximate surface area is 236 Å². The van der Waals surface area contributed by atoms with Crippen LogP contribution >= 0.6 is 33.9 Å². The SMILES string of the molecule is CCOC(=O)C1=C(C)N=c2s/c(=C\c3cc(I)c(OC(C)=O)c(OC)c3)c(=O)n2[C@H]1c1cccc(OC)c1. The molecule has 2 heterocycles. The van der Waals surface area contributed by atoms with E-state index in [2.05, 4.69) is 4.99 Å². The number of hydrogen-bond acceptors (Lipinski definition) is 9. The van der Waals surface area contributed by atoms with Gasteiger partial charge in [0.2, 0.25) is 0 Å². The molecule has 0 amide bonds. The van der Waals surface area contributed by atoms with Crippen LogP contribution in [0.25, 0.3) is 6.08 Å². The highest BCUT2D eigenvalue weighted by atomic mass is 127. The summed E-state index contributed by atoms with van der Waals surface area (Å²) in [4.78, 5) is 43.4. The number of thiazole rings is 1. The Morgan fingerprint density at radius 3 is 2.61 bits per heavy atom. The van der Waals surface area contributed by atoms with Gasteiger partial charge in [-0.3, -0.25) is 14.2 Å². The zero-order valence-corrected chi connectivity index (χ0v) is 24.3. The molecular formula is C27H25IN2O7S. The molecule has 0 N–H and O–H groups in total. The van der Waals surface area contributed by atoms with E-state index >= 15 is 0 Å². The predicted octanol–water partition coefficient (Wildman–Crippen LogP) is 3.35. The smallest absolute Gasteiger partial charge is 0.338 e. The molecule has 0 saturated carbocycles. The fraction of sp³-hybridized carbons (Fsp3) is 0.259. The van der Waals surface area contributed by atoms with Crippen molar-refractivity contribution in [3.05, 3.63) is 82.1 Å². The van der Waals surface area contributed by atoms with Gasteiger partial charge in [0.15, 0.2) is 16.3 Å². The second-order valence-corrected chi connectivity index (χ2v) is 10.4. The number of carbonyl (C=O) groups is 2. The first kappa shape index (κ1) is 27.6. The Hall–Kier alpha value is -3.45. The van der Waals surface area contributed by atoms with Crippen molar-refractivity contribution < 1.29 is 28.5 Å². The van der Waals surface area contributed by atoms with Crippen LogP contribution in [0.15, 0.2) is 57.5 Å². The lowest BCUT2D eigenvalue weighted by Crippen LogP contribution is -2.39. The van der Waals surface area contributed by atoms with Gasteiger partial charge in [0.25, 0.3) is 5.56 Å². The molecule has 0 radical (unpaired) electrons. The van der Waals surface area contributed by atoms with E-state index < -0.39 is 18.0 Å². The molecule has 1 aliphatic rings. The number of hydrogen-bond donors (Lipinski definition) is 0. The lowest BCUT2D eigenvalue weighted by Gasteiger charge is -2.25. The third kappa shape index (κ3) is 5.39. The number of esters is 2. The highest BCUT2D eigenvalue weighted by molar-refractivity contribution is 14.1. The summed E-state index contributed by atoms with van der Waals surface area (Å²) in [5, 5.41) is 0. The number of halogens is 1. The summed E-state index contributed by atoms with van der Waals surface area (Å²) in [5.74, 6) is 0.272. The Morgan fingerprint density at radius 1 is 1.18 bits per heavy atom. The molecule has 0 bridgehead atoms. The molecule has 0 aliphatic carbocycles. The molecule has 9 nitrogen and oxygen atoms in total. The number of carbonyl (C=O) groups excluding carboxylic acids is 2. The van der Waals surface area contributed by atoms with Crippen molar-refractivity contribution >= 4 is 51.9 Å². The molecular weight excluding hydrogens is 623 g/mol. The van der Waals surface area contributed by atoms with Gasteiger partial charge in [-0.05, 0) is 77.9 Å². The molecule has 3 aromatic rings. The van der Waals surface area contributed by atoms with Gasteiger partial charge >= 0.3 is 11.9 Å². The summed E-state index contributed by atoms with van der Waals surface area (Å²) in [6.45, 7) is 4.97. The lowest BCUT2D eigenvalue weighted by molar-refractivity contribution is -0.139. The maximum atomic E-state index is 13.8. The molecule has 198 valence electrons. The largest absolute Gasteiger partial charge is 0.497 e. The first-order valence-corrected chi connectivity index (χ1v) is 13.5. The lowest BCUT2D eigenvalue weighted by atomic mass is 9.95. The summed E-state index contributed by atoms with van der Waals surface area (Å²) in [6.07, 6.45) is 1.72. The maximum absolute atomic E-state index is 13.8. The van der Waals surface area contributed by atoms with E-state index in [1.165, 1.54) is 29.9 Å². The third-order valence-corrected chi connectivity index (χ3v) is 7.51. The van der Waals surface area contributed by atoms with Gasteiger partial charge in [0, 0.05) is 6.92 Å². The highest BCUT2D eigenvalue weighted by Gasteiger charge is 2.33. The van der Waals surface area contributed by atoms with Crippen LogP contribution in [0, 0.1) is 3.57 Å². The van der Waals surface area contributed by atoms with Gasteiger partial charge in [-0.25, -0.2) is 9.79 Å². The van der Waals surface area contributed by atoms with E-state index in [4.69, 9.17) is 18.9 Å². The predicted molar refractivity (Wildman–Crippen MR) is 150 cm³/mol. The van der Waals surface area contributed by atoms with Crippen LogP contribution < -0.4 is 29.1 Å². The third-order valence-electron chi connectivity index (χ3n) is 5.72. The molecule has 11 heteroatoms. The summed E-state index contributed by atoms with van der Waals surface area (Å²) in [6, 6.07) is 9.96. The zero-order valence-electron chi connectivity index (χ0n) is 21.4. The van der Waals surface area contributed by atoms with E-state index in [9.17, 15) is 14.4 Å². The van der Waals surface area contributed by atoms with Crippen molar-refractivity contribution in [3.8, 4) is 17.2 Å². The van der Waals surface area contributed by atoms with E-state index in [1.54, 1.807) is 57.4 Å². The van der Waals surface area contributed by atoms with Crippen LogP contribution in [0.1, 0.15) is 37.9 Å². The van der Waals surface area contributed by atoms with E-state index in [0.29, 0.717) is 52.5 Å². The molecule has 0 fully saturated rings. The molecule has 1 atom stereocenters. The second-order valence-electron chi connectivity index (χ2n) is 8.21. The summed E-state index contributed by atoms with van der Waals surface area (Å²) in [5.41, 5.74) is 1.82. The standard InChI is InChI=1S/C27H25IN2O7S/c1-6-36-26(33)22-14(2)29-27-30(23(22)17-8-7-9-18(13-17)34-4)25(32)21(38-27)12-16-10-19(28)24(37-15(3)31)20(11-16)35-5/h7-13,23H,6H2,1-5H3/b21-12-/t23-/m0/s1. The number of nitrogens with zero attached hydrogens (tertiary/aromatic N) is 2. The molecule has 4 rings (SSSR count). The van der Waals surface area contributed by atoms with Gasteiger partial charge in [-0.15, -0.1) is 0 Å². The minimum absolute atomic E-state index is 0.189. The molecule has 0 unspecified atom stereocenters. The van der Waals surface area contributed by atoms with Crippen molar-refractivity contribution in [2.45, 2.75) is 26.8 Å². The second kappa shape index (κ2) is 11.5. The Kier molecular flexibility index (Phi) is 8.36. The van der Waals surface area contributed by atoms with Crippen LogP contribution in [0.5, 0.6) is 17.2 Å². The molecule has 1 aliphatic heterocycles. The minimum Gasteiger partial charge on any atom is -0.497 e. The van der Waals surface area contributed by atoms with Crippen molar-refractivity contribution in [3.63, 3.8) is 0 Å². The number of rotatable bonds is 7. The Morgan fingerprint density at radius 2 is 1.95 bits per heavy atom. The van der Waals surface area contributed by atoms with Crippen LogP contribution in [-0.2, 0) is 14.3 Å². The Balaban J connectivity index is 1.93. The van der Waals surface area contributed by atoms with Gasteiger partial charge in [0.1, 0.15) is 5.75 Å². The zero-order chi connectivity index (χ0) is 27.6. The van der Waals surface area contributed by atoms with Crippen molar-refractivity contribution in [1.29, 1.82) is 0 Å². The maximum Gasteiger partial charge on any atom is 0.338 e. The van der Waals surface area contributed by atoms with Crippen molar-refractivity contribution in [2.24, 2.45) is 4.99 Å². The first-order chi connectivity index (χ1) is 18.2. The average Bonchev–Trinajstić information content (AvgIpc) is 3.18. The number of methoxy groups -OCH3 is 2. The van der Waals surface area contributed by atoms with Gasteiger partial charge in [-0.1, -0.05) is 23.5 Å². The molecule has 0 spiro atoms. The molecule has 2 aromatic carbocycles. The van der Waals surface area contributed by atoms with E-state index in [-0.39, 0.29) is 12.2 Å². The molecule has 1 aromatic heterocycles. The van der Waals surface area contributed by atoms with Crippen LogP contribution in [-0.4, -0.2) is 37.3 Å². The molecule has 38 heavy (non-hydrogen) atoms. The number of fused-ring (bicyclic) bond motifs is 1. The van der Waals surface area contributed by atoms with Gasteiger partial charge in [-0.2, -0.15) is 0 Å². The van der Waals surface area contributed by atoms with Crippen molar-refractivity contribution in [2.75, 3.05) is 20.8 Å². The number of allylic oxidation sites excluding steroid dienone is 1.